The summed E-state index contributed by atoms with van der Waals surface area (Å²) in [5, 5.41) is 0. The smallest absolute Gasteiger partial charge is 0.243 e. The molecule has 0 aliphatic carbocycles. The molecular formula is C17H25NO5S2. The van der Waals surface area contributed by atoms with Gasteiger partial charge < -0.3 is 4.74 Å². The number of sulfonamides is 1. The molecule has 25 heavy (non-hydrogen) atoms. The third kappa shape index (κ3) is 4.07. The van der Waals surface area contributed by atoms with E-state index in [0.29, 0.717) is 13.0 Å². The Hall–Kier alpha value is -0.960. The largest absolute Gasteiger partial charge is 0.377 e. The molecule has 2 aliphatic rings. The highest BCUT2D eigenvalue weighted by Gasteiger charge is 2.40. The van der Waals surface area contributed by atoms with Crippen molar-refractivity contribution < 1.29 is 21.6 Å². The van der Waals surface area contributed by atoms with Crippen LogP contribution in [-0.4, -0.2) is 57.9 Å². The fourth-order valence-corrected chi connectivity index (χ4v) is 7.04. The lowest BCUT2D eigenvalue weighted by atomic mass is 10.1. The Morgan fingerprint density at radius 3 is 2.52 bits per heavy atom. The third-order valence-electron chi connectivity index (χ3n) is 5.11. The van der Waals surface area contributed by atoms with Gasteiger partial charge in [0.15, 0.2) is 9.84 Å². The van der Waals surface area contributed by atoms with E-state index >= 15 is 0 Å². The molecule has 6 nitrogen and oxygen atoms in total. The molecular weight excluding hydrogens is 362 g/mol. The Kier molecular flexibility index (Phi) is 5.26. The Morgan fingerprint density at radius 1 is 1.20 bits per heavy atom. The second-order valence-electron chi connectivity index (χ2n) is 7.01. The molecule has 0 amide bonds. The van der Waals surface area contributed by atoms with E-state index in [1.54, 1.807) is 18.2 Å². The predicted molar refractivity (Wildman–Crippen MR) is 95.8 cm³/mol. The molecule has 3 rings (SSSR count). The number of hydrogen-bond acceptors (Lipinski definition) is 5. The predicted octanol–water partition coefficient (Wildman–Crippen LogP) is 1.66. The molecule has 0 N–H and O–H groups in total. The molecule has 2 saturated heterocycles. The number of rotatable bonds is 5. The van der Waals surface area contributed by atoms with E-state index < -0.39 is 25.9 Å². The van der Waals surface area contributed by atoms with Crippen LogP contribution in [0.5, 0.6) is 0 Å². The monoisotopic (exact) mass is 387 g/mol. The second kappa shape index (κ2) is 6.98. The molecule has 0 saturated carbocycles. The summed E-state index contributed by atoms with van der Waals surface area (Å²) in [6.07, 6.45) is 1.90. The maximum absolute atomic E-state index is 13.3. The summed E-state index contributed by atoms with van der Waals surface area (Å²) in [4.78, 5) is 0.220. The van der Waals surface area contributed by atoms with E-state index in [4.69, 9.17) is 4.74 Å². The molecule has 1 aromatic rings. The topological polar surface area (TPSA) is 80.8 Å². The number of ether oxygens (including phenoxy) is 1. The van der Waals surface area contributed by atoms with Crippen molar-refractivity contribution >= 4 is 19.9 Å². The van der Waals surface area contributed by atoms with E-state index in [9.17, 15) is 16.8 Å². The van der Waals surface area contributed by atoms with Gasteiger partial charge in [-0.05, 0) is 56.4 Å². The summed E-state index contributed by atoms with van der Waals surface area (Å²) in [6.45, 7) is 4.65. The molecule has 0 unspecified atom stereocenters. The Labute approximate surface area is 150 Å². The van der Waals surface area contributed by atoms with Gasteiger partial charge in [0.2, 0.25) is 10.0 Å². The maximum atomic E-state index is 13.3. The highest BCUT2D eigenvalue weighted by Crippen LogP contribution is 2.28. The summed E-state index contributed by atoms with van der Waals surface area (Å²) in [5.74, 6) is -0.0636. The summed E-state index contributed by atoms with van der Waals surface area (Å²) in [5.41, 5.74) is 1.92. The zero-order valence-electron chi connectivity index (χ0n) is 14.6. The third-order valence-corrected chi connectivity index (χ3v) is 8.77. The first-order valence-electron chi connectivity index (χ1n) is 8.60. The number of aryl methyl sites for hydroxylation is 2. The fourth-order valence-electron chi connectivity index (χ4n) is 3.44. The molecule has 8 heteroatoms. The van der Waals surface area contributed by atoms with E-state index in [2.05, 4.69) is 0 Å². The van der Waals surface area contributed by atoms with Gasteiger partial charge in [0.25, 0.3) is 0 Å². The van der Waals surface area contributed by atoms with Crippen molar-refractivity contribution in [1.82, 2.24) is 4.31 Å². The zero-order valence-corrected chi connectivity index (χ0v) is 16.3. The molecule has 0 radical (unpaired) electrons. The van der Waals surface area contributed by atoms with Crippen LogP contribution in [0.4, 0.5) is 0 Å². The fraction of sp³-hybridized carbons (Fsp3) is 0.647. The molecule has 1 aromatic carbocycles. The van der Waals surface area contributed by atoms with Crippen LogP contribution in [0, 0.1) is 13.8 Å². The summed E-state index contributed by atoms with van der Waals surface area (Å²) >= 11 is 0. The van der Waals surface area contributed by atoms with Crippen molar-refractivity contribution in [2.24, 2.45) is 0 Å². The highest BCUT2D eigenvalue weighted by molar-refractivity contribution is 7.92. The van der Waals surface area contributed by atoms with Crippen molar-refractivity contribution in [3.8, 4) is 0 Å². The minimum Gasteiger partial charge on any atom is -0.377 e. The van der Waals surface area contributed by atoms with Gasteiger partial charge in [0.1, 0.15) is 0 Å². The summed E-state index contributed by atoms with van der Waals surface area (Å²) < 4.78 is 57.3. The second-order valence-corrected chi connectivity index (χ2v) is 11.1. The van der Waals surface area contributed by atoms with Gasteiger partial charge in [-0.1, -0.05) is 6.07 Å². The van der Waals surface area contributed by atoms with Gasteiger partial charge >= 0.3 is 0 Å². The van der Waals surface area contributed by atoms with Crippen LogP contribution in [0.25, 0.3) is 0 Å². The molecule has 0 spiro atoms. The Bertz CT molecular complexity index is 842. The minimum atomic E-state index is -3.77. The van der Waals surface area contributed by atoms with Crippen LogP contribution in [0.1, 0.15) is 30.4 Å². The first kappa shape index (κ1) is 18.8. The van der Waals surface area contributed by atoms with Gasteiger partial charge in [-0.25, -0.2) is 16.8 Å². The van der Waals surface area contributed by atoms with Gasteiger partial charge in [0.05, 0.1) is 22.5 Å². The van der Waals surface area contributed by atoms with Crippen molar-refractivity contribution in [2.45, 2.75) is 50.2 Å². The van der Waals surface area contributed by atoms with Crippen molar-refractivity contribution in [1.29, 1.82) is 0 Å². The van der Waals surface area contributed by atoms with Gasteiger partial charge in [-0.3, -0.25) is 0 Å². The maximum Gasteiger partial charge on any atom is 0.243 e. The van der Waals surface area contributed by atoms with Crippen LogP contribution in [0.2, 0.25) is 0 Å². The SMILES string of the molecule is Cc1ccc(S(=O)(=O)N(C[C@H]2CCCO2)[C@@H]2CCS(=O)(=O)C2)cc1C. The normalized spacial score (nSPS) is 26.4. The molecule has 2 heterocycles. The minimum absolute atomic E-state index is 0.0438. The number of nitrogens with zero attached hydrogens (tertiary/aromatic N) is 1. The number of hydrogen-bond donors (Lipinski definition) is 0. The average molecular weight is 388 g/mol. The van der Waals surface area contributed by atoms with E-state index in [1.165, 1.54) is 4.31 Å². The molecule has 0 aromatic heterocycles. The van der Waals surface area contributed by atoms with Gasteiger partial charge in [-0.15, -0.1) is 0 Å². The van der Waals surface area contributed by atoms with Gasteiger partial charge in [-0.2, -0.15) is 4.31 Å². The van der Waals surface area contributed by atoms with E-state index in [0.717, 1.165) is 24.0 Å². The van der Waals surface area contributed by atoms with Crippen LogP contribution in [0.15, 0.2) is 23.1 Å². The molecule has 0 bridgehead atoms. The van der Waals surface area contributed by atoms with Crippen LogP contribution in [0.3, 0.4) is 0 Å². The van der Waals surface area contributed by atoms with Crippen LogP contribution >= 0.6 is 0 Å². The van der Waals surface area contributed by atoms with Crippen molar-refractivity contribution in [2.75, 3.05) is 24.7 Å². The van der Waals surface area contributed by atoms with Gasteiger partial charge in [0, 0.05) is 19.2 Å². The number of benzene rings is 1. The Morgan fingerprint density at radius 2 is 1.96 bits per heavy atom. The van der Waals surface area contributed by atoms with Crippen molar-refractivity contribution in [3.63, 3.8) is 0 Å². The molecule has 2 aliphatic heterocycles. The zero-order chi connectivity index (χ0) is 18.2. The quantitative estimate of drug-likeness (QED) is 0.768. The Balaban J connectivity index is 1.95. The molecule has 2 atom stereocenters. The van der Waals surface area contributed by atoms with E-state index in [-0.39, 0.29) is 29.0 Å². The van der Waals surface area contributed by atoms with Crippen molar-refractivity contribution in [3.05, 3.63) is 29.3 Å². The lowest BCUT2D eigenvalue weighted by Crippen LogP contribution is -2.45. The lowest BCUT2D eigenvalue weighted by molar-refractivity contribution is 0.0877. The molecule has 140 valence electrons. The van der Waals surface area contributed by atoms with E-state index in [1.807, 2.05) is 13.8 Å². The molecule has 2 fully saturated rings. The standard InChI is InChI=1S/C17H25NO5S2/c1-13-5-6-17(10-14(13)2)25(21,22)18(11-16-4-3-8-23-16)15-7-9-24(19,20)12-15/h5-6,10,15-16H,3-4,7-9,11-12H2,1-2H3/t15-,16-/m1/s1. The number of sulfone groups is 1. The van der Waals surface area contributed by atoms with Crippen LogP contribution < -0.4 is 0 Å². The lowest BCUT2D eigenvalue weighted by Gasteiger charge is -2.29. The van der Waals surface area contributed by atoms with Crippen LogP contribution in [-0.2, 0) is 24.6 Å². The highest BCUT2D eigenvalue weighted by atomic mass is 32.2. The first-order chi connectivity index (χ1) is 11.7. The summed E-state index contributed by atoms with van der Waals surface area (Å²) in [7, 11) is -6.95. The first-order valence-corrected chi connectivity index (χ1v) is 11.9. The average Bonchev–Trinajstić information content (AvgIpc) is 3.16. The summed E-state index contributed by atoms with van der Waals surface area (Å²) in [6, 6.07) is 4.54.